The smallest absolute Gasteiger partial charge is 0.427 e. The molecule has 1 rings (SSSR count). The molecule has 0 heterocycles. The predicted octanol–water partition coefficient (Wildman–Crippen LogP) is 3.33. The van der Waals surface area contributed by atoms with Crippen LogP contribution in [0.25, 0.3) is 0 Å². The average molecular weight is 248 g/mol. The molecule has 1 aromatic carbocycles. The quantitative estimate of drug-likeness (QED) is 0.620. The second-order valence-electron chi connectivity index (χ2n) is 3.86. The zero-order valence-electron chi connectivity index (χ0n) is 11.0. The first-order chi connectivity index (χ1) is 8.77. The molecule has 0 aliphatic carbocycles. The third kappa shape index (κ3) is 4.99. The van der Waals surface area contributed by atoms with Crippen LogP contribution < -0.4 is 5.43 Å². The minimum Gasteiger partial charge on any atom is -0.449 e. The highest BCUT2D eigenvalue weighted by atomic mass is 16.5. The molecule has 0 saturated heterocycles. The van der Waals surface area contributed by atoms with Crippen LogP contribution in [0.2, 0.25) is 0 Å². The molecular formula is C14H20N2O2. The number of amides is 1. The van der Waals surface area contributed by atoms with Crippen molar-refractivity contribution < 1.29 is 9.53 Å². The van der Waals surface area contributed by atoms with Crippen molar-refractivity contribution in [1.82, 2.24) is 5.43 Å². The number of ether oxygens (including phenoxy) is 1. The molecule has 0 saturated carbocycles. The van der Waals surface area contributed by atoms with Crippen LogP contribution in [0.4, 0.5) is 4.79 Å². The zero-order valence-corrected chi connectivity index (χ0v) is 11.0. The van der Waals surface area contributed by atoms with Gasteiger partial charge in [-0.2, -0.15) is 5.10 Å². The van der Waals surface area contributed by atoms with Crippen LogP contribution in [0.15, 0.2) is 35.4 Å². The van der Waals surface area contributed by atoms with Crippen LogP contribution >= 0.6 is 0 Å². The predicted molar refractivity (Wildman–Crippen MR) is 72.7 cm³/mol. The van der Waals surface area contributed by atoms with Crippen LogP contribution in [-0.4, -0.2) is 18.4 Å². The Labute approximate surface area is 108 Å². The van der Waals surface area contributed by atoms with Gasteiger partial charge in [0.05, 0.1) is 12.3 Å². The number of nitrogens with zero attached hydrogens (tertiary/aromatic N) is 1. The van der Waals surface area contributed by atoms with Gasteiger partial charge < -0.3 is 4.74 Å². The lowest BCUT2D eigenvalue weighted by Gasteiger charge is -2.07. The SMILES string of the molecule is CCCC/C(=N\NC(=O)OCC)c1ccccc1. The van der Waals surface area contributed by atoms with Gasteiger partial charge in [-0.05, 0) is 25.3 Å². The van der Waals surface area contributed by atoms with E-state index in [0.29, 0.717) is 6.61 Å². The van der Waals surface area contributed by atoms with Crippen LogP contribution in [0.5, 0.6) is 0 Å². The van der Waals surface area contributed by atoms with Crippen LogP contribution in [0, 0.1) is 0 Å². The number of hydrazone groups is 1. The molecule has 1 amide bonds. The number of nitrogens with one attached hydrogen (secondary N) is 1. The third-order valence-electron chi connectivity index (χ3n) is 2.43. The standard InChI is InChI=1S/C14H20N2O2/c1-3-5-11-13(12-9-7-6-8-10-12)15-16-14(17)18-4-2/h6-10H,3-5,11H2,1-2H3,(H,16,17)/b15-13+. The van der Waals surface area contributed by atoms with Crippen molar-refractivity contribution in [3.8, 4) is 0 Å². The molecule has 1 N–H and O–H groups in total. The van der Waals surface area contributed by atoms with Gasteiger partial charge in [0.15, 0.2) is 0 Å². The fraction of sp³-hybridized carbons (Fsp3) is 0.429. The molecule has 0 aromatic heterocycles. The van der Waals surface area contributed by atoms with Gasteiger partial charge >= 0.3 is 6.09 Å². The van der Waals surface area contributed by atoms with Gasteiger partial charge in [-0.3, -0.25) is 0 Å². The molecule has 98 valence electrons. The Morgan fingerprint density at radius 2 is 2.00 bits per heavy atom. The number of hydrogen-bond donors (Lipinski definition) is 1. The third-order valence-corrected chi connectivity index (χ3v) is 2.43. The van der Waals surface area contributed by atoms with Gasteiger partial charge in [0.1, 0.15) is 0 Å². The van der Waals surface area contributed by atoms with Gasteiger partial charge in [-0.25, -0.2) is 10.2 Å². The summed E-state index contributed by atoms with van der Waals surface area (Å²) < 4.78 is 4.78. The molecule has 0 aliphatic heterocycles. The highest BCUT2D eigenvalue weighted by Crippen LogP contribution is 2.07. The largest absolute Gasteiger partial charge is 0.449 e. The summed E-state index contributed by atoms with van der Waals surface area (Å²) in [5, 5.41) is 4.14. The van der Waals surface area contributed by atoms with Crippen molar-refractivity contribution in [2.75, 3.05) is 6.61 Å². The highest BCUT2D eigenvalue weighted by molar-refractivity contribution is 6.00. The van der Waals surface area contributed by atoms with Crippen molar-refractivity contribution in [3.05, 3.63) is 35.9 Å². The Morgan fingerprint density at radius 1 is 1.28 bits per heavy atom. The summed E-state index contributed by atoms with van der Waals surface area (Å²) in [5.41, 5.74) is 4.33. The fourth-order valence-corrected chi connectivity index (χ4v) is 1.52. The Balaban J connectivity index is 2.72. The van der Waals surface area contributed by atoms with E-state index >= 15 is 0 Å². The summed E-state index contributed by atoms with van der Waals surface area (Å²) >= 11 is 0. The number of hydrogen-bond acceptors (Lipinski definition) is 3. The molecule has 0 aliphatic rings. The second kappa shape index (κ2) is 8.28. The summed E-state index contributed by atoms with van der Waals surface area (Å²) in [4.78, 5) is 11.2. The van der Waals surface area contributed by atoms with Crippen molar-refractivity contribution in [2.45, 2.75) is 33.1 Å². The number of carbonyl (C=O) groups is 1. The van der Waals surface area contributed by atoms with Crippen LogP contribution in [0.1, 0.15) is 38.7 Å². The van der Waals surface area contributed by atoms with E-state index in [4.69, 9.17) is 4.74 Å². The number of carbonyl (C=O) groups excluding carboxylic acids is 1. The monoisotopic (exact) mass is 248 g/mol. The van der Waals surface area contributed by atoms with Crippen LogP contribution in [-0.2, 0) is 4.74 Å². The summed E-state index contributed by atoms with van der Waals surface area (Å²) in [5.74, 6) is 0. The molecule has 0 radical (unpaired) electrons. The van der Waals surface area contributed by atoms with Gasteiger partial charge in [0, 0.05) is 0 Å². The maximum absolute atomic E-state index is 11.2. The first kappa shape index (κ1) is 14.2. The van der Waals surface area contributed by atoms with Crippen molar-refractivity contribution >= 4 is 11.8 Å². The lowest BCUT2D eigenvalue weighted by molar-refractivity contribution is 0.152. The number of unbranched alkanes of at least 4 members (excludes halogenated alkanes) is 1. The molecule has 0 fully saturated rings. The average Bonchev–Trinajstić information content (AvgIpc) is 2.40. The van der Waals surface area contributed by atoms with Crippen molar-refractivity contribution in [3.63, 3.8) is 0 Å². The molecule has 1 aromatic rings. The summed E-state index contributed by atoms with van der Waals surface area (Å²) in [6.07, 6.45) is 2.46. The summed E-state index contributed by atoms with van der Waals surface area (Å²) in [7, 11) is 0. The van der Waals surface area contributed by atoms with E-state index in [1.54, 1.807) is 6.92 Å². The Hall–Kier alpha value is -1.84. The number of rotatable bonds is 6. The molecule has 18 heavy (non-hydrogen) atoms. The second-order valence-corrected chi connectivity index (χ2v) is 3.86. The zero-order chi connectivity index (χ0) is 13.2. The molecule has 4 heteroatoms. The normalized spacial score (nSPS) is 11.1. The van der Waals surface area contributed by atoms with E-state index in [2.05, 4.69) is 17.5 Å². The van der Waals surface area contributed by atoms with E-state index in [0.717, 1.165) is 30.5 Å². The Morgan fingerprint density at radius 3 is 2.61 bits per heavy atom. The molecule has 0 atom stereocenters. The minimum absolute atomic E-state index is 0.344. The molecule has 0 unspecified atom stereocenters. The maximum Gasteiger partial charge on any atom is 0.427 e. The molecule has 4 nitrogen and oxygen atoms in total. The summed E-state index contributed by atoms with van der Waals surface area (Å²) in [6.45, 7) is 4.23. The Kier molecular flexibility index (Phi) is 6.54. The van der Waals surface area contributed by atoms with E-state index in [1.165, 1.54) is 0 Å². The van der Waals surface area contributed by atoms with Gasteiger partial charge in [0.2, 0.25) is 0 Å². The summed E-state index contributed by atoms with van der Waals surface area (Å²) in [6, 6.07) is 9.85. The molecule has 0 bridgehead atoms. The first-order valence-electron chi connectivity index (χ1n) is 6.32. The van der Waals surface area contributed by atoms with E-state index in [-0.39, 0.29) is 0 Å². The van der Waals surface area contributed by atoms with Gasteiger partial charge in [0.25, 0.3) is 0 Å². The van der Waals surface area contributed by atoms with Crippen molar-refractivity contribution in [1.29, 1.82) is 0 Å². The molecule has 0 spiro atoms. The maximum atomic E-state index is 11.2. The fourth-order valence-electron chi connectivity index (χ4n) is 1.52. The number of benzene rings is 1. The van der Waals surface area contributed by atoms with Crippen LogP contribution in [0.3, 0.4) is 0 Å². The lowest BCUT2D eigenvalue weighted by Crippen LogP contribution is -2.21. The highest BCUT2D eigenvalue weighted by Gasteiger charge is 2.04. The van der Waals surface area contributed by atoms with Gasteiger partial charge in [-0.15, -0.1) is 0 Å². The minimum atomic E-state index is -0.512. The van der Waals surface area contributed by atoms with E-state index in [9.17, 15) is 4.79 Å². The lowest BCUT2D eigenvalue weighted by atomic mass is 10.1. The Bertz CT molecular complexity index is 388. The van der Waals surface area contributed by atoms with E-state index < -0.39 is 6.09 Å². The topological polar surface area (TPSA) is 50.7 Å². The van der Waals surface area contributed by atoms with Crippen molar-refractivity contribution in [2.24, 2.45) is 5.10 Å². The van der Waals surface area contributed by atoms with E-state index in [1.807, 2.05) is 30.3 Å². The first-order valence-corrected chi connectivity index (χ1v) is 6.32. The molecular weight excluding hydrogens is 228 g/mol. The van der Waals surface area contributed by atoms with Gasteiger partial charge in [-0.1, -0.05) is 43.7 Å².